The van der Waals surface area contributed by atoms with E-state index in [1.807, 2.05) is 0 Å². The highest BCUT2D eigenvalue weighted by Crippen LogP contribution is 2.40. The van der Waals surface area contributed by atoms with Crippen molar-refractivity contribution in [3.05, 3.63) is 57.8 Å². The third kappa shape index (κ3) is 7.29. The highest BCUT2D eigenvalue weighted by Gasteiger charge is 2.45. The molecule has 3 fully saturated rings. The number of rotatable bonds is 9. The summed E-state index contributed by atoms with van der Waals surface area (Å²) in [7, 11) is 0. The summed E-state index contributed by atoms with van der Waals surface area (Å²) in [5.41, 5.74) is 1.50. The summed E-state index contributed by atoms with van der Waals surface area (Å²) in [6, 6.07) is 5.84. The Morgan fingerprint density at radius 3 is 2.23 bits per heavy atom. The molecule has 3 aliphatic rings. The number of amides is 2. The summed E-state index contributed by atoms with van der Waals surface area (Å²) in [5, 5.41) is 15.8. The first kappa shape index (κ1) is 29.3. The van der Waals surface area contributed by atoms with Crippen molar-refractivity contribution in [3.63, 3.8) is 0 Å². The molecular formula is C29H36Cl2N4O4. The normalized spacial score (nSPS) is 21.8. The number of carboxylic acid groups (broad SMARTS) is 1. The molecule has 8 nitrogen and oxygen atoms in total. The minimum absolute atomic E-state index is 0.124. The lowest BCUT2D eigenvalue weighted by Crippen LogP contribution is -2.62. The first-order chi connectivity index (χ1) is 18.4. The van der Waals surface area contributed by atoms with Crippen molar-refractivity contribution >= 4 is 46.7 Å². The summed E-state index contributed by atoms with van der Waals surface area (Å²) in [4.78, 5) is 44.4. The Balaban J connectivity index is 1.41. The van der Waals surface area contributed by atoms with Gasteiger partial charge in [-0.15, -0.1) is 0 Å². The molecule has 2 amide bonds. The Bertz CT molecular complexity index is 1190. The number of hydrogen-bond donors (Lipinski definition) is 3. The number of aromatic nitrogens is 1. The quantitative estimate of drug-likeness (QED) is 0.368. The molecule has 0 spiro atoms. The molecule has 5 rings (SSSR count). The van der Waals surface area contributed by atoms with Crippen LogP contribution in [-0.4, -0.2) is 57.4 Å². The molecule has 1 aliphatic carbocycles. The zero-order valence-electron chi connectivity index (χ0n) is 22.5. The summed E-state index contributed by atoms with van der Waals surface area (Å²) in [5.74, 6) is -1.49. The molecule has 0 radical (unpaired) electrons. The Labute approximate surface area is 239 Å². The van der Waals surface area contributed by atoms with Gasteiger partial charge in [0.15, 0.2) is 0 Å². The molecule has 1 aromatic heterocycles. The fourth-order valence-electron chi connectivity index (χ4n) is 5.64. The molecule has 1 unspecified atom stereocenters. The lowest BCUT2D eigenvalue weighted by molar-refractivity contribution is -0.145. The largest absolute Gasteiger partial charge is 0.480 e. The van der Waals surface area contributed by atoms with Crippen LogP contribution in [0.2, 0.25) is 10.0 Å². The molecule has 39 heavy (non-hydrogen) atoms. The molecule has 2 bridgehead atoms. The van der Waals surface area contributed by atoms with Gasteiger partial charge < -0.3 is 15.7 Å². The van der Waals surface area contributed by atoms with E-state index in [9.17, 15) is 19.5 Å². The third-order valence-electron chi connectivity index (χ3n) is 7.75. The molecule has 2 aliphatic heterocycles. The monoisotopic (exact) mass is 574 g/mol. The summed E-state index contributed by atoms with van der Waals surface area (Å²) in [6.07, 6.45) is 8.00. The van der Waals surface area contributed by atoms with Crippen LogP contribution in [-0.2, 0) is 16.0 Å². The number of nitrogens with zero attached hydrogens (tertiary/aromatic N) is 2. The maximum absolute atomic E-state index is 13.5. The number of halogens is 2. The van der Waals surface area contributed by atoms with Gasteiger partial charge in [-0.05, 0) is 67.7 Å². The van der Waals surface area contributed by atoms with E-state index in [1.54, 1.807) is 24.3 Å². The average Bonchev–Trinajstić information content (AvgIpc) is 2.88. The maximum atomic E-state index is 13.5. The minimum atomic E-state index is -1.08. The Kier molecular flexibility index (Phi) is 9.19. The maximum Gasteiger partial charge on any atom is 0.326 e. The Hall–Kier alpha value is -2.68. The molecule has 2 aromatic rings. The summed E-state index contributed by atoms with van der Waals surface area (Å²) < 4.78 is 0. The van der Waals surface area contributed by atoms with Crippen LogP contribution >= 0.6 is 23.2 Å². The number of carboxylic acids is 1. The van der Waals surface area contributed by atoms with E-state index in [0.29, 0.717) is 11.7 Å². The number of piperidine rings is 2. The first-order valence-electron chi connectivity index (χ1n) is 13.4. The molecule has 3 heterocycles. The average molecular weight is 576 g/mol. The summed E-state index contributed by atoms with van der Waals surface area (Å²) >= 11 is 12.1. The van der Waals surface area contributed by atoms with Crippen molar-refractivity contribution in [1.29, 1.82) is 0 Å². The van der Waals surface area contributed by atoms with Crippen molar-refractivity contribution in [1.82, 2.24) is 15.2 Å². The van der Waals surface area contributed by atoms with E-state index in [0.717, 1.165) is 44.2 Å². The summed E-state index contributed by atoms with van der Waals surface area (Å²) in [6.45, 7) is 7.43. The van der Waals surface area contributed by atoms with E-state index in [-0.39, 0.29) is 45.3 Å². The van der Waals surface area contributed by atoms with Gasteiger partial charge in [-0.3, -0.25) is 19.5 Å². The number of aliphatic carboxylic acids is 1. The van der Waals surface area contributed by atoms with Crippen LogP contribution in [0.25, 0.3) is 0 Å². The topological polar surface area (TPSA) is 112 Å². The molecule has 1 aromatic carbocycles. The fraction of sp³-hybridized carbons (Fsp3) is 0.517. The number of carbonyl (C=O) groups excluding carboxylic acids is 2. The zero-order valence-corrected chi connectivity index (χ0v) is 24.1. The highest BCUT2D eigenvalue weighted by atomic mass is 35.5. The number of pyridine rings is 1. The van der Waals surface area contributed by atoms with Gasteiger partial charge in [-0.2, -0.15) is 0 Å². The number of hydrogen-bond acceptors (Lipinski definition) is 5. The SMILES string of the molecule is CC(C)(C)CCN1C2CCC(CC2)C1C(=O)N[C@@H](Cc1ccc(NC(=O)c2c(Cl)cncc2Cl)cc1)C(=O)O. The van der Waals surface area contributed by atoms with Gasteiger partial charge in [0.05, 0.1) is 21.7 Å². The second-order valence-electron chi connectivity index (χ2n) is 11.8. The van der Waals surface area contributed by atoms with Crippen molar-refractivity contribution in [2.75, 3.05) is 11.9 Å². The predicted molar refractivity (Wildman–Crippen MR) is 152 cm³/mol. The van der Waals surface area contributed by atoms with Crippen LogP contribution in [0, 0.1) is 11.3 Å². The fourth-order valence-corrected chi connectivity index (χ4v) is 6.17. The van der Waals surface area contributed by atoms with E-state index >= 15 is 0 Å². The minimum Gasteiger partial charge on any atom is -0.480 e. The number of carbonyl (C=O) groups is 3. The van der Waals surface area contributed by atoms with Crippen LogP contribution in [0.15, 0.2) is 36.7 Å². The van der Waals surface area contributed by atoms with Gasteiger partial charge in [0, 0.05) is 30.5 Å². The van der Waals surface area contributed by atoms with Crippen LogP contribution in [0.5, 0.6) is 0 Å². The van der Waals surface area contributed by atoms with Crippen molar-refractivity contribution in [2.45, 2.75) is 77.4 Å². The zero-order chi connectivity index (χ0) is 28.3. The number of benzene rings is 1. The second-order valence-corrected chi connectivity index (χ2v) is 12.6. The molecule has 10 heteroatoms. The van der Waals surface area contributed by atoms with Gasteiger partial charge in [0.2, 0.25) is 5.91 Å². The number of anilines is 1. The number of fused-ring (bicyclic) bond motifs is 3. The molecular weight excluding hydrogens is 539 g/mol. The highest BCUT2D eigenvalue weighted by molar-refractivity contribution is 6.40. The Morgan fingerprint density at radius 1 is 1.05 bits per heavy atom. The molecule has 1 saturated carbocycles. The molecule has 2 atom stereocenters. The van der Waals surface area contributed by atoms with Crippen LogP contribution in [0.3, 0.4) is 0 Å². The van der Waals surface area contributed by atoms with E-state index in [1.165, 1.54) is 12.4 Å². The standard InChI is InChI=1S/C29H36Cl2N4O4/c1-29(2,3)12-13-35-20-10-6-18(7-11-20)25(35)27(37)34-23(28(38)39)14-17-4-8-19(9-5-17)33-26(36)24-21(30)15-32-16-22(24)31/h4-5,8-9,15-16,18,20,23,25H,6-7,10-14H2,1-3H3,(H,33,36)(H,34,37)(H,38,39)/t18?,20?,23-,25?/m0/s1. The van der Waals surface area contributed by atoms with Crippen LogP contribution < -0.4 is 10.6 Å². The molecule has 210 valence electrons. The lowest BCUT2D eigenvalue weighted by Gasteiger charge is -2.51. The van der Waals surface area contributed by atoms with Crippen molar-refractivity contribution in [2.24, 2.45) is 11.3 Å². The second kappa shape index (κ2) is 12.2. The van der Waals surface area contributed by atoms with Gasteiger partial charge in [-0.25, -0.2) is 4.79 Å². The van der Waals surface area contributed by atoms with E-state index < -0.39 is 17.9 Å². The molecule has 2 saturated heterocycles. The van der Waals surface area contributed by atoms with Gasteiger partial charge in [0.25, 0.3) is 5.91 Å². The van der Waals surface area contributed by atoms with Gasteiger partial charge >= 0.3 is 5.97 Å². The van der Waals surface area contributed by atoms with Crippen LogP contribution in [0.1, 0.15) is 68.8 Å². The van der Waals surface area contributed by atoms with Gasteiger partial charge in [0.1, 0.15) is 6.04 Å². The Morgan fingerprint density at radius 2 is 1.67 bits per heavy atom. The van der Waals surface area contributed by atoms with Crippen molar-refractivity contribution in [3.8, 4) is 0 Å². The third-order valence-corrected chi connectivity index (χ3v) is 8.32. The molecule has 3 N–H and O–H groups in total. The number of nitrogens with one attached hydrogen (secondary N) is 2. The van der Waals surface area contributed by atoms with Gasteiger partial charge in [-0.1, -0.05) is 56.1 Å². The van der Waals surface area contributed by atoms with Crippen molar-refractivity contribution < 1.29 is 19.5 Å². The lowest BCUT2D eigenvalue weighted by atomic mass is 9.73. The van der Waals surface area contributed by atoms with Crippen LogP contribution in [0.4, 0.5) is 5.69 Å². The predicted octanol–water partition coefficient (Wildman–Crippen LogP) is 5.43. The van der Waals surface area contributed by atoms with E-state index in [4.69, 9.17) is 23.2 Å². The first-order valence-corrected chi connectivity index (χ1v) is 14.2. The van der Waals surface area contributed by atoms with E-state index in [2.05, 4.69) is 41.3 Å². The smallest absolute Gasteiger partial charge is 0.326 e.